The summed E-state index contributed by atoms with van der Waals surface area (Å²) in [6.45, 7) is 2.23. The summed E-state index contributed by atoms with van der Waals surface area (Å²) in [4.78, 5) is 12.8. The van der Waals surface area contributed by atoms with Gasteiger partial charge in [-0.05, 0) is 30.5 Å². The highest BCUT2D eigenvalue weighted by atomic mass is 32.1. The van der Waals surface area contributed by atoms with Gasteiger partial charge >= 0.3 is 0 Å². The summed E-state index contributed by atoms with van der Waals surface area (Å²) in [5, 5.41) is 4.80. The molecule has 3 N–H and O–H groups in total. The van der Waals surface area contributed by atoms with Gasteiger partial charge in [0.1, 0.15) is 10.6 Å². The van der Waals surface area contributed by atoms with E-state index in [2.05, 4.69) is 17.2 Å². The molecule has 0 saturated carbocycles. The largest absolute Gasteiger partial charge is 0.469 e. The summed E-state index contributed by atoms with van der Waals surface area (Å²) in [5.74, 6) is 6.42. The number of furan rings is 1. The molecule has 0 fully saturated rings. The molecule has 104 valence electrons. The monoisotopic (exact) mass is 288 g/mol. The predicted octanol–water partition coefficient (Wildman–Crippen LogP) is 2.01. The zero-order chi connectivity index (χ0) is 14.4. The minimum Gasteiger partial charge on any atom is -0.469 e. The Morgan fingerprint density at radius 3 is 3.10 bits per heavy atom. The fourth-order valence-electron chi connectivity index (χ4n) is 1.80. The van der Waals surface area contributed by atoms with E-state index in [1.54, 1.807) is 6.26 Å². The van der Waals surface area contributed by atoms with Crippen LogP contribution in [0.15, 0.2) is 34.3 Å². The van der Waals surface area contributed by atoms with Gasteiger partial charge in [0, 0.05) is 18.0 Å². The highest BCUT2D eigenvalue weighted by Gasteiger charge is 2.15. The highest BCUT2D eigenvalue weighted by molar-refractivity contribution is 7.12. The van der Waals surface area contributed by atoms with E-state index in [0.717, 1.165) is 11.3 Å². The normalized spacial score (nSPS) is 11.5. The molecule has 0 aromatic carbocycles. The third-order valence-corrected chi connectivity index (χ3v) is 3.57. The minimum absolute atomic E-state index is 0.00827. The van der Waals surface area contributed by atoms with Gasteiger partial charge in [0.05, 0.1) is 12.8 Å². The molecule has 2 heterocycles. The summed E-state index contributed by atoms with van der Waals surface area (Å²) in [6.07, 6.45) is 2.29. The van der Waals surface area contributed by atoms with Crippen LogP contribution in [0.1, 0.15) is 27.9 Å². The molecule has 0 saturated heterocycles. The van der Waals surface area contributed by atoms with Crippen molar-refractivity contribution >= 4 is 17.2 Å². The van der Waals surface area contributed by atoms with Crippen molar-refractivity contribution in [1.82, 2.24) is 5.32 Å². The number of hydrogen-bond acceptors (Lipinski definition) is 4. The van der Waals surface area contributed by atoms with Gasteiger partial charge in [0.15, 0.2) is 0 Å². The van der Waals surface area contributed by atoms with Gasteiger partial charge in [-0.2, -0.15) is 0 Å². The molecule has 4 nitrogen and oxygen atoms in total. The van der Waals surface area contributed by atoms with Gasteiger partial charge in [-0.1, -0.05) is 11.8 Å². The fraction of sp³-hybridized carbons (Fsp3) is 0.267. The molecule has 0 radical (unpaired) electrons. The van der Waals surface area contributed by atoms with Crippen molar-refractivity contribution in [2.45, 2.75) is 19.4 Å². The van der Waals surface area contributed by atoms with Crippen LogP contribution in [0.25, 0.3) is 0 Å². The summed E-state index contributed by atoms with van der Waals surface area (Å²) >= 11 is 1.38. The molecule has 2 aromatic rings. The number of nitrogens with two attached hydrogens (primary N) is 1. The maximum Gasteiger partial charge on any atom is 0.262 e. The molecule has 2 rings (SSSR count). The Balaban J connectivity index is 1.99. The van der Waals surface area contributed by atoms with Gasteiger partial charge in [-0.15, -0.1) is 11.3 Å². The van der Waals surface area contributed by atoms with Crippen LogP contribution < -0.4 is 11.1 Å². The Labute approximate surface area is 122 Å². The standard InChI is InChI=1S/C15H16N2O2S/c1-11(10-13-5-3-8-19-13)17-15(18)14-12(4-2-7-16)6-9-20-14/h3,5-6,8-9,11H,7,10,16H2,1H3,(H,17,18). The maximum absolute atomic E-state index is 12.2. The molecule has 20 heavy (non-hydrogen) atoms. The summed E-state index contributed by atoms with van der Waals surface area (Å²) in [6, 6.07) is 5.56. The van der Waals surface area contributed by atoms with E-state index in [1.807, 2.05) is 30.5 Å². The van der Waals surface area contributed by atoms with Crippen molar-refractivity contribution in [3.05, 3.63) is 46.0 Å². The Bertz CT molecular complexity index is 620. The molecule has 1 atom stereocenters. The molecule has 0 bridgehead atoms. The van der Waals surface area contributed by atoms with E-state index < -0.39 is 0 Å². The zero-order valence-electron chi connectivity index (χ0n) is 11.2. The first-order valence-corrected chi connectivity index (χ1v) is 7.18. The average molecular weight is 288 g/mol. The zero-order valence-corrected chi connectivity index (χ0v) is 12.0. The smallest absolute Gasteiger partial charge is 0.262 e. The first kappa shape index (κ1) is 14.4. The molecular formula is C15H16N2O2S. The number of rotatable bonds is 4. The number of thiophene rings is 1. The first-order chi connectivity index (χ1) is 9.70. The van der Waals surface area contributed by atoms with Crippen molar-refractivity contribution < 1.29 is 9.21 Å². The molecule has 0 aliphatic heterocycles. The summed E-state index contributed by atoms with van der Waals surface area (Å²) in [7, 11) is 0. The van der Waals surface area contributed by atoms with Crippen LogP contribution in [0.2, 0.25) is 0 Å². The van der Waals surface area contributed by atoms with E-state index in [9.17, 15) is 4.79 Å². The molecule has 1 amide bonds. The lowest BCUT2D eigenvalue weighted by Crippen LogP contribution is -2.33. The van der Waals surface area contributed by atoms with Gasteiger partial charge in [0.25, 0.3) is 5.91 Å². The molecular weight excluding hydrogens is 272 g/mol. The second kappa shape index (κ2) is 6.94. The van der Waals surface area contributed by atoms with Crippen molar-refractivity contribution in [3.63, 3.8) is 0 Å². The number of carbonyl (C=O) groups is 1. The SMILES string of the molecule is CC(Cc1ccco1)NC(=O)c1sccc1C#CCN. The predicted molar refractivity (Wildman–Crippen MR) is 79.6 cm³/mol. The lowest BCUT2D eigenvalue weighted by molar-refractivity contribution is 0.0943. The van der Waals surface area contributed by atoms with Crippen LogP contribution in [0.3, 0.4) is 0 Å². The molecule has 1 unspecified atom stereocenters. The van der Waals surface area contributed by atoms with E-state index in [-0.39, 0.29) is 18.5 Å². The Morgan fingerprint density at radius 2 is 2.40 bits per heavy atom. The second-order valence-electron chi connectivity index (χ2n) is 4.33. The molecule has 0 spiro atoms. The summed E-state index contributed by atoms with van der Waals surface area (Å²) in [5.41, 5.74) is 6.07. The van der Waals surface area contributed by atoms with Crippen LogP contribution in [0, 0.1) is 11.8 Å². The molecule has 0 aliphatic carbocycles. The topological polar surface area (TPSA) is 68.3 Å². The lowest BCUT2D eigenvalue weighted by Gasteiger charge is -2.11. The average Bonchev–Trinajstić information content (AvgIpc) is 3.06. The summed E-state index contributed by atoms with van der Waals surface area (Å²) < 4.78 is 5.27. The Kier molecular flexibility index (Phi) is 4.99. The molecule has 5 heteroatoms. The first-order valence-electron chi connectivity index (χ1n) is 6.30. The Morgan fingerprint density at radius 1 is 1.55 bits per heavy atom. The number of carbonyl (C=O) groups excluding carboxylic acids is 1. The van der Waals surface area contributed by atoms with Crippen molar-refractivity contribution in [2.75, 3.05) is 6.54 Å². The quantitative estimate of drug-likeness (QED) is 0.846. The number of amides is 1. The van der Waals surface area contributed by atoms with E-state index in [1.165, 1.54) is 11.3 Å². The molecule has 0 aliphatic rings. The van der Waals surface area contributed by atoms with Gasteiger partial charge in [-0.25, -0.2) is 0 Å². The van der Waals surface area contributed by atoms with E-state index >= 15 is 0 Å². The third-order valence-electron chi connectivity index (χ3n) is 2.66. The van der Waals surface area contributed by atoms with Gasteiger partial charge < -0.3 is 15.5 Å². The van der Waals surface area contributed by atoms with Crippen molar-refractivity contribution in [1.29, 1.82) is 0 Å². The number of hydrogen-bond donors (Lipinski definition) is 2. The highest BCUT2D eigenvalue weighted by Crippen LogP contribution is 2.16. The maximum atomic E-state index is 12.2. The van der Waals surface area contributed by atoms with E-state index in [0.29, 0.717) is 11.3 Å². The van der Waals surface area contributed by atoms with Gasteiger partial charge in [-0.3, -0.25) is 4.79 Å². The van der Waals surface area contributed by atoms with Crippen LogP contribution in [0.4, 0.5) is 0 Å². The molecule has 2 aromatic heterocycles. The van der Waals surface area contributed by atoms with E-state index in [4.69, 9.17) is 10.2 Å². The lowest BCUT2D eigenvalue weighted by atomic mass is 10.2. The van der Waals surface area contributed by atoms with Gasteiger partial charge in [0.2, 0.25) is 0 Å². The van der Waals surface area contributed by atoms with Crippen molar-refractivity contribution in [2.24, 2.45) is 5.73 Å². The minimum atomic E-state index is -0.111. The van der Waals surface area contributed by atoms with Crippen LogP contribution in [-0.2, 0) is 6.42 Å². The van der Waals surface area contributed by atoms with Crippen molar-refractivity contribution in [3.8, 4) is 11.8 Å². The second-order valence-corrected chi connectivity index (χ2v) is 5.24. The number of nitrogens with one attached hydrogen (secondary N) is 1. The fourth-order valence-corrected chi connectivity index (χ4v) is 2.55. The van der Waals surface area contributed by atoms with Crippen LogP contribution in [0.5, 0.6) is 0 Å². The Hall–Kier alpha value is -2.03. The van der Waals surface area contributed by atoms with Crippen LogP contribution >= 0.6 is 11.3 Å². The van der Waals surface area contributed by atoms with Crippen LogP contribution in [-0.4, -0.2) is 18.5 Å². The third kappa shape index (κ3) is 3.73.